The van der Waals surface area contributed by atoms with Gasteiger partial charge in [0.15, 0.2) is 0 Å². The second-order valence-corrected chi connectivity index (χ2v) is 5.70. The van der Waals surface area contributed by atoms with Gasteiger partial charge >= 0.3 is 6.03 Å². The van der Waals surface area contributed by atoms with Crippen molar-refractivity contribution < 1.29 is 9.53 Å². The van der Waals surface area contributed by atoms with E-state index in [0.29, 0.717) is 13.1 Å². The third kappa shape index (κ3) is 3.02. The van der Waals surface area contributed by atoms with Crippen molar-refractivity contribution in [2.45, 2.75) is 25.9 Å². The number of aryl methyl sites for hydroxylation is 2. The van der Waals surface area contributed by atoms with Gasteiger partial charge in [0.1, 0.15) is 0 Å². The summed E-state index contributed by atoms with van der Waals surface area (Å²) >= 11 is 0. The first-order chi connectivity index (χ1) is 11.1. The van der Waals surface area contributed by atoms with E-state index in [0.717, 1.165) is 22.6 Å². The lowest BCUT2D eigenvalue weighted by Crippen LogP contribution is -2.34. The van der Waals surface area contributed by atoms with Crippen LogP contribution in [0.5, 0.6) is 0 Å². The van der Waals surface area contributed by atoms with Crippen LogP contribution in [0.25, 0.3) is 0 Å². The summed E-state index contributed by atoms with van der Waals surface area (Å²) < 4.78 is 5.51. The molecule has 2 N–H and O–H groups in total. The van der Waals surface area contributed by atoms with E-state index in [-0.39, 0.29) is 18.1 Å². The molecule has 8 nitrogen and oxygen atoms in total. The molecule has 0 saturated carbocycles. The molecule has 0 unspecified atom stereocenters. The Balaban J connectivity index is 1.74. The third-order valence-electron chi connectivity index (χ3n) is 4.25. The van der Waals surface area contributed by atoms with E-state index in [2.05, 4.69) is 25.7 Å². The van der Waals surface area contributed by atoms with Gasteiger partial charge in [0.05, 0.1) is 35.3 Å². The minimum atomic E-state index is -0.155. The van der Waals surface area contributed by atoms with Gasteiger partial charge < -0.3 is 15.0 Å². The first kappa shape index (κ1) is 15.4. The van der Waals surface area contributed by atoms with Crippen LogP contribution in [-0.2, 0) is 4.74 Å². The Morgan fingerprint density at radius 1 is 1.43 bits per heavy atom. The zero-order chi connectivity index (χ0) is 16.4. The number of anilines is 1. The maximum atomic E-state index is 12.6. The number of ether oxygens (including phenoxy) is 1. The molecule has 1 fully saturated rings. The zero-order valence-corrected chi connectivity index (χ0v) is 13.4. The Kier molecular flexibility index (Phi) is 4.24. The van der Waals surface area contributed by atoms with Crippen molar-refractivity contribution in [1.82, 2.24) is 25.3 Å². The molecular weight excluding hydrogens is 296 g/mol. The average molecular weight is 316 g/mol. The molecule has 2 atom stereocenters. The van der Waals surface area contributed by atoms with Crippen LogP contribution in [0.3, 0.4) is 0 Å². The lowest BCUT2D eigenvalue weighted by atomic mass is 10.0. The second kappa shape index (κ2) is 6.33. The van der Waals surface area contributed by atoms with Crippen molar-refractivity contribution in [1.29, 1.82) is 0 Å². The maximum absolute atomic E-state index is 12.6. The number of nitrogens with one attached hydrogen (secondary N) is 2. The minimum absolute atomic E-state index is 0.0144. The number of pyridine rings is 1. The molecule has 0 radical (unpaired) electrons. The fraction of sp³-hybridized carbons (Fsp3) is 0.467. The van der Waals surface area contributed by atoms with Crippen LogP contribution in [0, 0.1) is 13.8 Å². The van der Waals surface area contributed by atoms with Crippen LogP contribution >= 0.6 is 0 Å². The minimum Gasteiger partial charge on any atom is -0.379 e. The Hall–Kier alpha value is -2.48. The van der Waals surface area contributed by atoms with E-state index in [4.69, 9.17) is 4.74 Å². The Morgan fingerprint density at radius 3 is 2.91 bits per heavy atom. The van der Waals surface area contributed by atoms with E-state index in [1.807, 2.05) is 19.9 Å². The van der Waals surface area contributed by atoms with Gasteiger partial charge in [-0.25, -0.2) is 4.79 Å². The van der Waals surface area contributed by atoms with Gasteiger partial charge in [-0.05, 0) is 25.5 Å². The molecule has 3 rings (SSSR count). The Labute approximate surface area is 134 Å². The van der Waals surface area contributed by atoms with Gasteiger partial charge in [0, 0.05) is 26.4 Å². The molecule has 2 aromatic rings. The summed E-state index contributed by atoms with van der Waals surface area (Å²) in [6.07, 6.45) is 3.31. The lowest BCUT2D eigenvalue weighted by Gasteiger charge is -2.18. The number of aromatic amines is 1. The number of methoxy groups -OCH3 is 1. The van der Waals surface area contributed by atoms with Gasteiger partial charge in [0.25, 0.3) is 0 Å². The molecule has 2 amide bonds. The summed E-state index contributed by atoms with van der Waals surface area (Å²) in [5.74, 6) is 0.0144. The highest BCUT2D eigenvalue weighted by Crippen LogP contribution is 2.28. The van der Waals surface area contributed by atoms with Crippen LogP contribution in [0.1, 0.15) is 22.9 Å². The number of likely N-dealkylation sites (tertiary alicyclic amines) is 1. The van der Waals surface area contributed by atoms with E-state index >= 15 is 0 Å². The van der Waals surface area contributed by atoms with Gasteiger partial charge in [0.2, 0.25) is 0 Å². The monoisotopic (exact) mass is 316 g/mol. The van der Waals surface area contributed by atoms with Crippen LogP contribution in [0.15, 0.2) is 18.5 Å². The molecule has 2 aromatic heterocycles. The first-order valence-electron chi connectivity index (χ1n) is 7.46. The fourth-order valence-corrected chi connectivity index (χ4v) is 2.92. The van der Waals surface area contributed by atoms with Crippen molar-refractivity contribution in [2.24, 2.45) is 0 Å². The number of amides is 2. The lowest BCUT2D eigenvalue weighted by molar-refractivity contribution is 0.0987. The highest BCUT2D eigenvalue weighted by Gasteiger charge is 2.38. The van der Waals surface area contributed by atoms with Crippen molar-refractivity contribution in [3.8, 4) is 0 Å². The molecule has 1 aliphatic heterocycles. The molecule has 0 aliphatic carbocycles. The van der Waals surface area contributed by atoms with Crippen LogP contribution in [0.4, 0.5) is 10.5 Å². The molecule has 0 spiro atoms. The number of hydrogen-bond acceptors (Lipinski definition) is 5. The summed E-state index contributed by atoms with van der Waals surface area (Å²) in [5.41, 5.74) is 3.35. The average Bonchev–Trinajstić information content (AvgIpc) is 3.19. The van der Waals surface area contributed by atoms with E-state index in [1.54, 1.807) is 24.4 Å². The number of hydrogen-bond donors (Lipinski definition) is 2. The largest absolute Gasteiger partial charge is 0.379 e. The second-order valence-electron chi connectivity index (χ2n) is 5.70. The van der Waals surface area contributed by atoms with Gasteiger partial charge in [-0.1, -0.05) is 0 Å². The number of aromatic nitrogens is 4. The number of carbonyl (C=O) groups is 1. The third-order valence-corrected chi connectivity index (χ3v) is 4.25. The quantitative estimate of drug-likeness (QED) is 0.894. The van der Waals surface area contributed by atoms with Crippen molar-refractivity contribution >= 4 is 11.7 Å². The van der Waals surface area contributed by atoms with Crippen molar-refractivity contribution in [3.05, 3.63) is 35.4 Å². The Morgan fingerprint density at radius 2 is 2.26 bits per heavy atom. The van der Waals surface area contributed by atoms with Gasteiger partial charge in [-0.2, -0.15) is 15.4 Å². The smallest absolute Gasteiger partial charge is 0.322 e. The zero-order valence-electron chi connectivity index (χ0n) is 13.4. The molecule has 0 aromatic carbocycles. The highest BCUT2D eigenvalue weighted by molar-refractivity contribution is 5.91. The van der Waals surface area contributed by atoms with Crippen LogP contribution < -0.4 is 5.32 Å². The van der Waals surface area contributed by atoms with Crippen molar-refractivity contribution in [3.63, 3.8) is 0 Å². The molecular formula is C15H20N6O2. The Bertz CT molecular complexity index is 667. The van der Waals surface area contributed by atoms with Crippen molar-refractivity contribution in [2.75, 3.05) is 25.5 Å². The molecule has 23 heavy (non-hydrogen) atoms. The summed E-state index contributed by atoms with van der Waals surface area (Å²) in [7, 11) is 1.65. The molecule has 3 heterocycles. The summed E-state index contributed by atoms with van der Waals surface area (Å²) in [5, 5.41) is 13.5. The molecule has 1 aliphatic rings. The molecule has 1 saturated heterocycles. The fourth-order valence-electron chi connectivity index (χ4n) is 2.92. The molecule has 122 valence electrons. The summed E-state index contributed by atoms with van der Waals surface area (Å²) in [6, 6.07) is 1.72. The first-order valence-corrected chi connectivity index (χ1v) is 7.46. The standard InChI is InChI=1S/C15H20N6O2/c1-9-4-5-16-10(2)14(9)18-15(22)21-7-11(13(8-21)23-3)12-6-17-20-19-12/h4-6,11,13H,7-8H2,1-3H3,(H,18,22)(H,17,19,20)/t11-,13+/m0/s1. The normalized spacial score (nSPS) is 20.7. The van der Waals surface area contributed by atoms with Gasteiger partial charge in [-0.15, -0.1) is 0 Å². The van der Waals surface area contributed by atoms with Crippen LogP contribution in [-0.4, -0.2) is 57.6 Å². The number of carbonyl (C=O) groups excluding carboxylic acids is 1. The number of nitrogens with zero attached hydrogens (tertiary/aromatic N) is 4. The maximum Gasteiger partial charge on any atom is 0.322 e. The SMILES string of the molecule is CO[C@@H]1CN(C(=O)Nc2c(C)ccnc2C)C[C@H]1c1cn[nH]n1. The summed E-state index contributed by atoms with van der Waals surface area (Å²) in [4.78, 5) is 18.5. The predicted octanol–water partition coefficient (Wildman–Crippen LogP) is 1.46. The number of rotatable bonds is 3. The topological polar surface area (TPSA) is 96.0 Å². The van der Waals surface area contributed by atoms with E-state index in [9.17, 15) is 4.79 Å². The molecule has 0 bridgehead atoms. The number of urea groups is 1. The van der Waals surface area contributed by atoms with E-state index < -0.39 is 0 Å². The van der Waals surface area contributed by atoms with Crippen LogP contribution in [0.2, 0.25) is 0 Å². The molecule has 8 heteroatoms. The predicted molar refractivity (Wildman–Crippen MR) is 84.2 cm³/mol. The van der Waals surface area contributed by atoms with E-state index in [1.165, 1.54) is 0 Å². The van der Waals surface area contributed by atoms with Gasteiger partial charge in [-0.3, -0.25) is 4.98 Å². The number of H-pyrrole nitrogens is 1. The summed E-state index contributed by atoms with van der Waals surface area (Å²) in [6.45, 7) is 4.88. The highest BCUT2D eigenvalue weighted by atomic mass is 16.5.